The molecule has 1 aliphatic rings. The number of benzene rings is 2. The normalized spacial score (nSPS) is 15.4. The van der Waals surface area contributed by atoms with Gasteiger partial charge in [0, 0.05) is 38.6 Å². The summed E-state index contributed by atoms with van der Waals surface area (Å²) in [5.74, 6) is -0.113. The molecule has 0 spiro atoms. The highest BCUT2D eigenvalue weighted by atomic mass is 16.6. The van der Waals surface area contributed by atoms with E-state index in [1.165, 1.54) is 14.1 Å². The van der Waals surface area contributed by atoms with Crippen LogP contribution in [0.25, 0.3) is 0 Å². The first-order valence-corrected chi connectivity index (χ1v) is 14.7. The number of nitrogens with zero attached hydrogens (tertiary/aromatic N) is 2. The van der Waals surface area contributed by atoms with E-state index in [1.807, 2.05) is 0 Å². The molecule has 0 unspecified atom stereocenters. The van der Waals surface area contributed by atoms with Crippen molar-refractivity contribution in [3.8, 4) is 0 Å². The Balaban J connectivity index is 1.29. The molecule has 16 heteroatoms. The summed E-state index contributed by atoms with van der Waals surface area (Å²) in [5, 5.41) is 25.1. The van der Waals surface area contributed by atoms with E-state index in [2.05, 4.69) is 21.3 Å². The number of guanidine groups is 2. The van der Waals surface area contributed by atoms with Gasteiger partial charge in [0.25, 0.3) is 0 Å². The molecule has 0 bridgehead atoms. The van der Waals surface area contributed by atoms with Gasteiger partial charge in [-0.25, -0.2) is 29.0 Å². The molecule has 0 atom stereocenters. The quantitative estimate of drug-likeness (QED) is 0.139. The molecular weight excluding hydrogens is 596 g/mol. The number of anilines is 2. The first-order valence-electron chi connectivity index (χ1n) is 14.7. The van der Waals surface area contributed by atoms with Crippen molar-refractivity contribution in [2.75, 3.05) is 37.9 Å². The lowest BCUT2D eigenvalue weighted by molar-refractivity contribution is 0.0684. The van der Waals surface area contributed by atoms with Crippen molar-refractivity contribution in [1.29, 1.82) is 10.8 Å². The highest BCUT2D eigenvalue weighted by molar-refractivity contribution is 5.91. The molecule has 46 heavy (non-hydrogen) atoms. The van der Waals surface area contributed by atoms with Crippen molar-refractivity contribution in [3.63, 3.8) is 0 Å². The summed E-state index contributed by atoms with van der Waals surface area (Å²) in [4.78, 5) is 51.4. The molecular formula is C30H42N10O6. The molecule has 0 saturated heterocycles. The van der Waals surface area contributed by atoms with E-state index in [0.717, 1.165) is 46.6 Å². The fourth-order valence-corrected chi connectivity index (χ4v) is 4.62. The Hall–Kier alpha value is -5.54. The number of carbonyl (C=O) groups excluding carboxylic acids is 4. The van der Waals surface area contributed by atoms with Crippen LogP contribution < -0.4 is 32.7 Å². The van der Waals surface area contributed by atoms with Crippen LogP contribution >= 0.6 is 0 Å². The summed E-state index contributed by atoms with van der Waals surface area (Å²) < 4.78 is 10.7. The van der Waals surface area contributed by atoms with Gasteiger partial charge in [0.2, 0.25) is 0 Å². The Morgan fingerprint density at radius 2 is 1.00 bits per heavy atom. The lowest BCUT2D eigenvalue weighted by atomic mass is 9.83. The number of rotatable bonds is 10. The molecule has 248 valence electrons. The monoisotopic (exact) mass is 638 g/mol. The van der Waals surface area contributed by atoms with Gasteiger partial charge in [0.1, 0.15) is 0 Å². The Morgan fingerprint density at radius 3 is 1.30 bits per heavy atom. The van der Waals surface area contributed by atoms with Gasteiger partial charge in [0.15, 0.2) is 11.9 Å². The first-order chi connectivity index (χ1) is 21.9. The number of nitrogens with one attached hydrogen (secondary N) is 6. The smallest absolute Gasteiger partial charge is 0.417 e. The average Bonchev–Trinajstić information content (AvgIpc) is 3.04. The predicted octanol–water partition coefficient (Wildman–Crippen LogP) is 3.36. The third-order valence-electron chi connectivity index (χ3n) is 7.36. The van der Waals surface area contributed by atoms with Gasteiger partial charge in [-0.3, -0.25) is 10.8 Å². The molecule has 0 aromatic heterocycles. The Kier molecular flexibility index (Phi) is 13.0. The minimum atomic E-state index is -0.752. The number of carbonyl (C=O) groups is 4. The van der Waals surface area contributed by atoms with Crippen LogP contribution in [0, 0.1) is 22.7 Å². The second kappa shape index (κ2) is 17.1. The van der Waals surface area contributed by atoms with E-state index >= 15 is 0 Å². The summed E-state index contributed by atoms with van der Waals surface area (Å²) in [6.45, 7) is 0.740. The number of imide groups is 2. The zero-order valence-electron chi connectivity index (χ0n) is 25.9. The highest BCUT2D eigenvalue weighted by Gasteiger charge is 2.26. The molecule has 1 saturated carbocycles. The molecule has 2 aromatic rings. The number of hydrogen-bond donors (Lipinski definition) is 8. The highest BCUT2D eigenvalue weighted by Crippen LogP contribution is 2.29. The van der Waals surface area contributed by atoms with Crippen molar-refractivity contribution < 1.29 is 28.7 Å². The van der Waals surface area contributed by atoms with Gasteiger partial charge in [-0.1, -0.05) is 24.3 Å². The predicted molar refractivity (Wildman–Crippen MR) is 172 cm³/mol. The van der Waals surface area contributed by atoms with Crippen LogP contribution in [0.1, 0.15) is 36.8 Å². The van der Waals surface area contributed by atoms with Crippen LogP contribution in [0.3, 0.4) is 0 Å². The van der Waals surface area contributed by atoms with E-state index in [-0.39, 0.29) is 50.1 Å². The molecule has 0 aliphatic heterocycles. The van der Waals surface area contributed by atoms with Gasteiger partial charge in [-0.2, -0.15) is 0 Å². The zero-order valence-corrected chi connectivity index (χ0v) is 25.9. The molecule has 16 nitrogen and oxygen atoms in total. The minimum Gasteiger partial charge on any atom is -0.449 e. The zero-order chi connectivity index (χ0) is 33.6. The maximum atomic E-state index is 12.4. The van der Waals surface area contributed by atoms with E-state index < -0.39 is 24.2 Å². The largest absolute Gasteiger partial charge is 0.449 e. The molecule has 2 aromatic carbocycles. The van der Waals surface area contributed by atoms with E-state index in [9.17, 15) is 19.2 Å². The van der Waals surface area contributed by atoms with Crippen LogP contribution in [0.2, 0.25) is 0 Å². The van der Waals surface area contributed by atoms with Gasteiger partial charge in [0.05, 0.1) is 13.2 Å². The van der Waals surface area contributed by atoms with Gasteiger partial charge in [-0.15, -0.1) is 0 Å². The molecule has 10 N–H and O–H groups in total. The molecule has 3 rings (SSSR count). The van der Waals surface area contributed by atoms with E-state index in [4.69, 9.17) is 31.8 Å². The summed E-state index contributed by atoms with van der Waals surface area (Å²) in [7, 11) is 2.68. The van der Waals surface area contributed by atoms with Crippen molar-refractivity contribution in [2.45, 2.75) is 38.8 Å². The van der Waals surface area contributed by atoms with Gasteiger partial charge in [-0.05, 0) is 72.9 Å². The van der Waals surface area contributed by atoms with Crippen LogP contribution in [-0.2, 0) is 22.6 Å². The lowest BCUT2D eigenvalue weighted by Gasteiger charge is -2.28. The minimum absolute atomic E-state index is 0.121. The van der Waals surface area contributed by atoms with Crippen LogP contribution in [-0.4, -0.2) is 73.3 Å². The summed E-state index contributed by atoms with van der Waals surface area (Å²) >= 11 is 0. The van der Waals surface area contributed by atoms with Crippen molar-refractivity contribution in [1.82, 2.24) is 20.4 Å². The second-order valence-electron chi connectivity index (χ2n) is 10.9. The maximum Gasteiger partial charge on any atom is 0.417 e. The summed E-state index contributed by atoms with van der Waals surface area (Å²) in [6, 6.07) is 12.7. The molecule has 0 heterocycles. The first kappa shape index (κ1) is 34.9. The van der Waals surface area contributed by atoms with Crippen molar-refractivity contribution in [2.24, 2.45) is 23.3 Å². The standard InChI is InChI=1S/C30H42N10O6/c1-39(27(41)35-15-19-7-11-23(12-8-19)37-25(31)32)29(43)45-17-21-3-5-22(6-4-21)18-46-30(44)40(2)28(42)36-16-20-9-13-24(14-10-20)38-26(33)34/h7-14,21-22H,3-6,15-18H2,1-2H3,(H,35,41)(H,36,42)(H4,31,32,37)(H4,33,34,38)/t21-,22-. The number of ether oxygens (including phenoxy) is 2. The fourth-order valence-electron chi connectivity index (χ4n) is 4.62. The maximum absolute atomic E-state index is 12.4. The van der Waals surface area contributed by atoms with E-state index in [1.54, 1.807) is 48.5 Å². The van der Waals surface area contributed by atoms with Crippen molar-refractivity contribution in [3.05, 3.63) is 59.7 Å². The number of urea groups is 2. The lowest BCUT2D eigenvalue weighted by Crippen LogP contribution is -2.42. The number of hydrogen-bond acceptors (Lipinski definition) is 8. The second-order valence-corrected chi connectivity index (χ2v) is 10.9. The van der Waals surface area contributed by atoms with Crippen molar-refractivity contribution >= 4 is 47.5 Å². The van der Waals surface area contributed by atoms with Crippen LogP contribution in [0.5, 0.6) is 0 Å². The van der Waals surface area contributed by atoms with E-state index in [0.29, 0.717) is 11.4 Å². The third kappa shape index (κ3) is 11.5. The molecule has 0 radical (unpaired) electrons. The molecule has 1 fully saturated rings. The number of nitrogens with two attached hydrogens (primary N) is 2. The molecule has 1 aliphatic carbocycles. The molecule has 6 amide bonds. The van der Waals surface area contributed by atoms with Crippen LogP contribution in [0.15, 0.2) is 48.5 Å². The van der Waals surface area contributed by atoms with Crippen LogP contribution in [0.4, 0.5) is 30.6 Å². The Labute approximate surface area is 267 Å². The summed E-state index contributed by atoms with van der Waals surface area (Å²) in [5.41, 5.74) is 13.5. The van der Waals surface area contributed by atoms with Gasteiger partial charge >= 0.3 is 24.2 Å². The fraction of sp³-hybridized carbons (Fsp3) is 0.400. The average molecular weight is 639 g/mol. The van der Waals surface area contributed by atoms with Gasteiger partial charge < -0.3 is 42.2 Å². The Bertz CT molecular complexity index is 1270. The summed E-state index contributed by atoms with van der Waals surface area (Å²) in [6.07, 6.45) is 1.54. The Morgan fingerprint density at radius 1 is 0.674 bits per heavy atom. The third-order valence-corrected chi connectivity index (χ3v) is 7.36. The SMILES string of the molecule is CN(C(=O)NCc1ccc(NC(=N)N)cc1)C(=O)OC[C@H]1CC[C@H](COC(=O)N(C)C(=O)NCc2ccc(NC(=N)N)cc2)CC1. The topological polar surface area (TPSA) is 241 Å². The number of amides is 6.